The average Bonchev–Trinajstić information content (AvgIpc) is 3.30. The van der Waals surface area contributed by atoms with E-state index < -0.39 is 6.10 Å². The second-order valence-electron chi connectivity index (χ2n) is 8.17. The summed E-state index contributed by atoms with van der Waals surface area (Å²) in [5, 5.41) is 3.09. The molecular formula is C26H30N2O4S. The summed E-state index contributed by atoms with van der Waals surface area (Å²) in [6.45, 7) is 5.75. The molecule has 1 unspecified atom stereocenters. The molecule has 1 amide bonds. The molecule has 1 atom stereocenters. The standard InChI is InChI=1S/C26H30N2O4S/c1-18-6-9-21(10-7-18)31-14-5-4-13-28-23-16-20(8-11-24(23)32-19(2)26(28)29)22-17-33-25(27-22)12-15-30-3/h6-11,16-17,19H,4-5,12-15H2,1-3H3. The van der Waals surface area contributed by atoms with Gasteiger partial charge in [0.25, 0.3) is 5.91 Å². The number of anilines is 1. The summed E-state index contributed by atoms with van der Waals surface area (Å²) in [6, 6.07) is 14.0. The molecule has 2 aromatic carbocycles. The molecule has 1 aliphatic rings. The third kappa shape index (κ3) is 5.72. The summed E-state index contributed by atoms with van der Waals surface area (Å²) in [5.41, 5.74) is 3.91. The van der Waals surface area contributed by atoms with E-state index in [9.17, 15) is 4.79 Å². The Morgan fingerprint density at radius 3 is 2.73 bits per heavy atom. The van der Waals surface area contributed by atoms with Gasteiger partial charge in [-0.05, 0) is 57.0 Å². The fourth-order valence-electron chi connectivity index (χ4n) is 3.74. The van der Waals surface area contributed by atoms with Gasteiger partial charge < -0.3 is 19.1 Å². The minimum absolute atomic E-state index is 0.0156. The van der Waals surface area contributed by atoms with Gasteiger partial charge in [-0.2, -0.15) is 0 Å². The molecule has 6 nitrogen and oxygen atoms in total. The number of unbranched alkanes of at least 4 members (excludes halogenated alkanes) is 1. The number of aryl methyl sites for hydroxylation is 1. The maximum absolute atomic E-state index is 12.9. The number of methoxy groups -OCH3 is 1. The van der Waals surface area contributed by atoms with Crippen LogP contribution < -0.4 is 14.4 Å². The molecule has 7 heteroatoms. The number of fused-ring (bicyclic) bond motifs is 1. The molecule has 0 radical (unpaired) electrons. The first-order valence-electron chi connectivity index (χ1n) is 11.3. The zero-order valence-electron chi connectivity index (χ0n) is 19.4. The number of ether oxygens (including phenoxy) is 3. The molecule has 4 rings (SSSR count). The van der Waals surface area contributed by atoms with Crippen LogP contribution in [-0.4, -0.2) is 43.9 Å². The van der Waals surface area contributed by atoms with Crippen molar-refractivity contribution in [3.05, 3.63) is 58.4 Å². The van der Waals surface area contributed by atoms with E-state index in [-0.39, 0.29) is 5.91 Å². The normalized spacial score (nSPS) is 15.3. The van der Waals surface area contributed by atoms with Crippen molar-refractivity contribution in [2.75, 3.05) is 31.8 Å². The molecule has 2 heterocycles. The molecule has 3 aromatic rings. The predicted molar refractivity (Wildman–Crippen MR) is 131 cm³/mol. The zero-order valence-corrected chi connectivity index (χ0v) is 20.2. The first-order chi connectivity index (χ1) is 16.0. The SMILES string of the molecule is COCCc1nc(-c2ccc3c(c2)N(CCCCOc2ccc(C)cc2)C(=O)C(C)O3)cs1. The number of thiazole rings is 1. The van der Waals surface area contributed by atoms with Crippen LogP contribution in [0, 0.1) is 6.92 Å². The number of carbonyl (C=O) groups is 1. The van der Waals surface area contributed by atoms with Crippen molar-refractivity contribution in [1.82, 2.24) is 4.98 Å². The zero-order chi connectivity index (χ0) is 23.2. The van der Waals surface area contributed by atoms with Crippen LogP contribution in [-0.2, 0) is 16.0 Å². The summed E-state index contributed by atoms with van der Waals surface area (Å²) in [4.78, 5) is 19.5. The van der Waals surface area contributed by atoms with Crippen LogP contribution in [0.2, 0.25) is 0 Å². The fraction of sp³-hybridized carbons (Fsp3) is 0.385. The number of hydrogen-bond acceptors (Lipinski definition) is 6. The van der Waals surface area contributed by atoms with E-state index in [0.29, 0.717) is 19.8 Å². The van der Waals surface area contributed by atoms with Gasteiger partial charge in [0, 0.05) is 31.0 Å². The lowest BCUT2D eigenvalue weighted by atomic mass is 10.1. The third-order valence-electron chi connectivity index (χ3n) is 5.60. The summed E-state index contributed by atoms with van der Waals surface area (Å²) in [5.74, 6) is 1.59. The molecule has 0 saturated heterocycles. The number of nitrogens with zero attached hydrogens (tertiary/aromatic N) is 2. The molecule has 0 aliphatic carbocycles. The summed E-state index contributed by atoms with van der Waals surface area (Å²) >= 11 is 1.62. The molecule has 0 saturated carbocycles. The first kappa shape index (κ1) is 23.3. The molecule has 1 aromatic heterocycles. The number of carbonyl (C=O) groups excluding carboxylic acids is 1. The number of aromatic nitrogens is 1. The van der Waals surface area contributed by atoms with Gasteiger partial charge in [0.05, 0.1) is 29.6 Å². The van der Waals surface area contributed by atoms with Gasteiger partial charge in [0.2, 0.25) is 0 Å². The van der Waals surface area contributed by atoms with E-state index >= 15 is 0 Å². The second kappa shape index (κ2) is 10.8. The smallest absolute Gasteiger partial charge is 0.267 e. The molecule has 0 N–H and O–H groups in total. The lowest BCUT2D eigenvalue weighted by molar-refractivity contribution is -0.125. The van der Waals surface area contributed by atoms with Crippen LogP contribution in [0.4, 0.5) is 5.69 Å². The van der Waals surface area contributed by atoms with E-state index in [0.717, 1.165) is 52.7 Å². The molecule has 33 heavy (non-hydrogen) atoms. The molecule has 0 spiro atoms. The van der Waals surface area contributed by atoms with E-state index in [1.165, 1.54) is 5.56 Å². The quantitative estimate of drug-likeness (QED) is 0.381. The minimum Gasteiger partial charge on any atom is -0.494 e. The lowest BCUT2D eigenvalue weighted by Crippen LogP contribution is -2.45. The van der Waals surface area contributed by atoms with Crippen LogP contribution in [0.5, 0.6) is 11.5 Å². The topological polar surface area (TPSA) is 60.9 Å². The van der Waals surface area contributed by atoms with Gasteiger partial charge in [0.15, 0.2) is 6.10 Å². The maximum Gasteiger partial charge on any atom is 0.267 e. The average molecular weight is 467 g/mol. The Morgan fingerprint density at radius 1 is 1.12 bits per heavy atom. The van der Waals surface area contributed by atoms with Gasteiger partial charge in [-0.25, -0.2) is 4.98 Å². The Hall–Kier alpha value is -2.90. The Labute approximate surface area is 199 Å². The Morgan fingerprint density at radius 2 is 1.94 bits per heavy atom. The predicted octanol–water partition coefficient (Wildman–Crippen LogP) is 5.28. The largest absolute Gasteiger partial charge is 0.494 e. The first-order valence-corrected chi connectivity index (χ1v) is 12.2. The monoisotopic (exact) mass is 466 g/mol. The highest BCUT2D eigenvalue weighted by atomic mass is 32.1. The Kier molecular flexibility index (Phi) is 7.62. The van der Waals surface area contributed by atoms with E-state index in [1.54, 1.807) is 25.4 Å². The van der Waals surface area contributed by atoms with Crippen molar-refractivity contribution < 1.29 is 19.0 Å². The fourth-order valence-corrected chi connectivity index (χ4v) is 4.53. The van der Waals surface area contributed by atoms with Gasteiger partial charge in [-0.3, -0.25) is 4.79 Å². The summed E-state index contributed by atoms with van der Waals surface area (Å²) in [7, 11) is 1.69. The number of benzene rings is 2. The summed E-state index contributed by atoms with van der Waals surface area (Å²) < 4.78 is 16.9. The van der Waals surface area contributed by atoms with E-state index in [1.807, 2.05) is 52.7 Å². The molecule has 0 fully saturated rings. The van der Waals surface area contributed by atoms with E-state index in [2.05, 4.69) is 6.92 Å². The third-order valence-corrected chi connectivity index (χ3v) is 6.51. The Balaban J connectivity index is 1.41. The van der Waals surface area contributed by atoms with Crippen LogP contribution in [0.15, 0.2) is 47.8 Å². The van der Waals surface area contributed by atoms with Gasteiger partial charge in [0.1, 0.15) is 11.5 Å². The van der Waals surface area contributed by atoms with Crippen molar-refractivity contribution in [1.29, 1.82) is 0 Å². The second-order valence-corrected chi connectivity index (χ2v) is 9.11. The number of rotatable bonds is 10. The van der Waals surface area contributed by atoms with Gasteiger partial charge in [-0.15, -0.1) is 11.3 Å². The lowest BCUT2D eigenvalue weighted by Gasteiger charge is -2.33. The number of amides is 1. The van der Waals surface area contributed by atoms with Gasteiger partial charge in [-0.1, -0.05) is 17.7 Å². The van der Waals surface area contributed by atoms with Crippen LogP contribution >= 0.6 is 11.3 Å². The van der Waals surface area contributed by atoms with Crippen LogP contribution in [0.3, 0.4) is 0 Å². The molecular weight excluding hydrogens is 436 g/mol. The van der Waals surface area contributed by atoms with Crippen molar-refractivity contribution >= 4 is 22.9 Å². The maximum atomic E-state index is 12.9. The van der Waals surface area contributed by atoms with Crippen molar-refractivity contribution in [2.24, 2.45) is 0 Å². The van der Waals surface area contributed by atoms with Crippen molar-refractivity contribution in [2.45, 2.75) is 39.2 Å². The number of hydrogen-bond donors (Lipinski definition) is 0. The van der Waals surface area contributed by atoms with Crippen LogP contribution in [0.25, 0.3) is 11.3 Å². The highest BCUT2D eigenvalue weighted by molar-refractivity contribution is 7.09. The van der Waals surface area contributed by atoms with E-state index in [4.69, 9.17) is 19.2 Å². The van der Waals surface area contributed by atoms with Crippen molar-refractivity contribution in [3.8, 4) is 22.8 Å². The van der Waals surface area contributed by atoms with Crippen molar-refractivity contribution in [3.63, 3.8) is 0 Å². The van der Waals surface area contributed by atoms with Crippen LogP contribution in [0.1, 0.15) is 30.3 Å². The minimum atomic E-state index is -0.493. The highest BCUT2D eigenvalue weighted by Crippen LogP contribution is 2.38. The Bertz CT molecular complexity index is 1080. The molecule has 174 valence electrons. The van der Waals surface area contributed by atoms with Gasteiger partial charge >= 0.3 is 0 Å². The molecule has 0 bridgehead atoms. The summed E-state index contributed by atoms with van der Waals surface area (Å²) in [6.07, 6.45) is 2.00. The molecule has 1 aliphatic heterocycles. The highest BCUT2D eigenvalue weighted by Gasteiger charge is 2.31.